The number of nitrogens with zero attached hydrogens (tertiary/aromatic N) is 1. The summed E-state index contributed by atoms with van der Waals surface area (Å²) in [4.78, 5) is 2.37. The van der Waals surface area contributed by atoms with Crippen molar-refractivity contribution in [1.82, 2.24) is 4.90 Å². The van der Waals surface area contributed by atoms with Gasteiger partial charge in [-0.3, -0.25) is 4.90 Å². The molecular weight excluding hydrogens is 203 g/mol. The Balaban J connectivity index is 2.35. The third kappa shape index (κ3) is 4.19. The Bertz CT molecular complexity index is 313. The fourth-order valence-corrected chi connectivity index (χ4v) is 1.72. The van der Waals surface area contributed by atoms with Gasteiger partial charge < -0.3 is 5.32 Å². The van der Waals surface area contributed by atoms with Gasteiger partial charge in [0.15, 0.2) is 0 Å². The summed E-state index contributed by atoms with van der Waals surface area (Å²) in [6.45, 7) is 9.39. The van der Waals surface area contributed by atoms with Crippen molar-refractivity contribution in [3.8, 4) is 0 Å². The molecule has 1 aromatic rings. The topological polar surface area (TPSA) is 15.3 Å². The average molecular weight is 224 g/mol. The molecule has 1 aromatic carbocycles. The van der Waals surface area contributed by atoms with Gasteiger partial charge >= 0.3 is 0 Å². The van der Waals surface area contributed by atoms with Crippen molar-refractivity contribution in [3.63, 3.8) is 0 Å². The average Bonchev–Trinajstić information content (AvgIpc) is 2.24. The van der Waals surface area contributed by atoms with E-state index < -0.39 is 0 Å². The van der Waals surface area contributed by atoms with Crippen molar-refractivity contribution >= 4 is 5.69 Å². The van der Waals surface area contributed by atoms with E-state index in [1.807, 2.05) is 6.07 Å². The number of likely N-dealkylation sites (N-methyl/N-ethyl adjacent to an activating group) is 1. The van der Waals surface area contributed by atoms with Crippen LogP contribution in [0.2, 0.25) is 0 Å². The fraction of sp³-hybridized carbons (Fsp3) is 0.538. The first-order valence-corrected chi connectivity index (χ1v) is 5.87. The molecule has 0 aromatic heterocycles. The maximum absolute atomic E-state index is 12.9. The molecule has 3 heteroatoms. The second-order valence-corrected chi connectivity index (χ2v) is 4.16. The summed E-state index contributed by atoms with van der Waals surface area (Å²) in [6.07, 6.45) is 0. The van der Waals surface area contributed by atoms with E-state index in [1.165, 1.54) is 12.1 Å². The van der Waals surface area contributed by atoms with Crippen molar-refractivity contribution in [1.29, 1.82) is 0 Å². The Kier molecular flexibility index (Phi) is 5.26. The maximum Gasteiger partial charge on any atom is 0.125 e. The van der Waals surface area contributed by atoms with Crippen LogP contribution in [-0.4, -0.2) is 30.6 Å². The molecule has 0 aliphatic rings. The fourth-order valence-electron chi connectivity index (χ4n) is 1.72. The van der Waals surface area contributed by atoms with Crippen LogP contribution in [0.1, 0.15) is 20.8 Å². The number of hydrogen-bond donors (Lipinski definition) is 1. The number of nitrogens with one attached hydrogen (secondary N) is 1. The minimum Gasteiger partial charge on any atom is -0.384 e. The van der Waals surface area contributed by atoms with Crippen LogP contribution in [0.25, 0.3) is 0 Å². The highest BCUT2D eigenvalue weighted by Crippen LogP contribution is 2.08. The zero-order valence-corrected chi connectivity index (χ0v) is 10.3. The molecule has 2 nitrogen and oxygen atoms in total. The summed E-state index contributed by atoms with van der Waals surface area (Å²) in [5.41, 5.74) is 0.847. The zero-order valence-electron chi connectivity index (χ0n) is 10.3. The van der Waals surface area contributed by atoms with Gasteiger partial charge in [0.1, 0.15) is 5.82 Å². The molecule has 1 rings (SSSR count). The summed E-state index contributed by atoms with van der Waals surface area (Å²) in [6, 6.07) is 7.13. The molecule has 0 unspecified atom stereocenters. The minimum absolute atomic E-state index is 0.193. The summed E-state index contributed by atoms with van der Waals surface area (Å²) in [5, 5.41) is 3.22. The van der Waals surface area contributed by atoms with E-state index in [2.05, 4.69) is 31.0 Å². The predicted molar refractivity (Wildman–Crippen MR) is 67.3 cm³/mol. The van der Waals surface area contributed by atoms with Crippen LogP contribution in [0.4, 0.5) is 10.1 Å². The van der Waals surface area contributed by atoms with Gasteiger partial charge in [0.2, 0.25) is 0 Å². The molecule has 16 heavy (non-hydrogen) atoms. The number of rotatable bonds is 6. The van der Waals surface area contributed by atoms with Crippen molar-refractivity contribution in [2.45, 2.75) is 26.8 Å². The highest BCUT2D eigenvalue weighted by atomic mass is 19.1. The monoisotopic (exact) mass is 224 g/mol. The first kappa shape index (κ1) is 13.0. The van der Waals surface area contributed by atoms with E-state index in [0.717, 1.165) is 25.3 Å². The second kappa shape index (κ2) is 6.48. The Morgan fingerprint density at radius 1 is 1.38 bits per heavy atom. The van der Waals surface area contributed by atoms with Crippen LogP contribution >= 0.6 is 0 Å². The van der Waals surface area contributed by atoms with Gasteiger partial charge in [-0.05, 0) is 38.6 Å². The normalized spacial score (nSPS) is 11.1. The van der Waals surface area contributed by atoms with Crippen LogP contribution in [0.3, 0.4) is 0 Å². The third-order valence-corrected chi connectivity index (χ3v) is 2.69. The quantitative estimate of drug-likeness (QED) is 0.799. The Hall–Kier alpha value is -1.09. The zero-order chi connectivity index (χ0) is 12.0. The van der Waals surface area contributed by atoms with Gasteiger partial charge in [-0.25, -0.2) is 4.39 Å². The summed E-state index contributed by atoms with van der Waals surface area (Å²) >= 11 is 0. The van der Waals surface area contributed by atoms with Gasteiger partial charge in [-0.15, -0.1) is 0 Å². The molecule has 1 N–H and O–H groups in total. The Morgan fingerprint density at radius 2 is 2.12 bits per heavy atom. The molecule has 0 bridgehead atoms. The van der Waals surface area contributed by atoms with Gasteiger partial charge in [-0.2, -0.15) is 0 Å². The van der Waals surface area contributed by atoms with E-state index in [9.17, 15) is 4.39 Å². The first-order chi connectivity index (χ1) is 7.63. The number of benzene rings is 1. The second-order valence-electron chi connectivity index (χ2n) is 4.16. The molecule has 0 amide bonds. The Labute approximate surface area is 97.5 Å². The molecule has 0 radical (unpaired) electrons. The van der Waals surface area contributed by atoms with E-state index in [4.69, 9.17) is 0 Å². The summed E-state index contributed by atoms with van der Waals surface area (Å²) < 4.78 is 12.9. The molecule has 0 atom stereocenters. The minimum atomic E-state index is -0.193. The smallest absolute Gasteiger partial charge is 0.125 e. The summed E-state index contributed by atoms with van der Waals surface area (Å²) in [7, 11) is 0. The van der Waals surface area contributed by atoms with Crippen LogP contribution in [-0.2, 0) is 0 Å². The highest BCUT2D eigenvalue weighted by Gasteiger charge is 2.05. The largest absolute Gasteiger partial charge is 0.384 e. The number of anilines is 1. The van der Waals surface area contributed by atoms with E-state index in [1.54, 1.807) is 6.07 Å². The standard InChI is InChI=1S/C13H21FN2/c1-4-16(11(2)3)9-8-15-13-7-5-6-12(14)10-13/h5-7,10-11,15H,4,8-9H2,1-3H3. The van der Waals surface area contributed by atoms with Crippen LogP contribution < -0.4 is 5.32 Å². The number of hydrogen-bond acceptors (Lipinski definition) is 2. The molecule has 0 fully saturated rings. The highest BCUT2D eigenvalue weighted by molar-refractivity contribution is 5.42. The van der Waals surface area contributed by atoms with Crippen LogP contribution in [0, 0.1) is 5.82 Å². The summed E-state index contributed by atoms with van der Waals surface area (Å²) in [5.74, 6) is -0.193. The van der Waals surface area contributed by atoms with Crippen molar-refractivity contribution < 1.29 is 4.39 Å². The lowest BCUT2D eigenvalue weighted by Crippen LogP contribution is -2.34. The molecule has 0 heterocycles. The predicted octanol–water partition coefficient (Wildman–Crippen LogP) is 2.97. The van der Waals surface area contributed by atoms with Crippen LogP contribution in [0.5, 0.6) is 0 Å². The van der Waals surface area contributed by atoms with E-state index >= 15 is 0 Å². The van der Waals surface area contributed by atoms with Gasteiger partial charge in [0.05, 0.1) is 0 Å². The first-order valence-electron chi connectivity index (χ1n) is 5.87. The molecule has 0 spiro atoms. The van der Waals surface area contributed by atoms with Crippen molar-refractivity contribution in [3.05, 3.63) is 30.1 Å². The SMILES string of the molecule is CCN(CCNc1cccc(F)c1)C(C)C. The molecule has 0 aliphatic heterocycles. The van der Waals surface area contributed by atoms with Gasteiger partial charge in [0, 0.05) is 24.8 Å². The molecular formula is C13H21FN2. The van der Waals surface area contributed by atoms with Crippen LogP contribution in [0.15, 0.2) is 24.3 Å². The Morgan fingerprint density at radius 3 is 2.69 bits per heavy atom. The lowest BCUT2D eigenvalue weighted by Gasteiger charge is -2.24. The third-order valence-electron chi connectivity index (χ3n) is 2.69. The maximum atomic E-state index is 12.9. The van der Waals surface area contributed by atoms with Gasteiger partial charge in [-0.1, -0.05) is 13.0 Å². The molecule has 0 saturated heterocycles. The molecule has 90 valence electrons. The van der Waals surface area contributed by atoms with E-state index in [0.29, 0.717) is 6.04 Å². The lowest BCUT2D eigenvalue weighted by atomic mass is 10.3. The van der Waals surface area contributed by atoms with E-state index in [-0.39, 0.29) is 5.82 Å². The van der Waals surface area contributed by atoms with Crippen molar-refractivity contribution in [2.75, 3.05) is 25.0 Å². The molecule has 0 saturated carbocycles. The lowest BCUT2D eigenvalue weighted by molar-refractivity contribution is 0.243. The number of halogens is 1. The molecule has 0 aliphatic carbocycles. The van der Waals surface area contributed by atoms with Crippen molar-refractivity contribution in [2.24, 2.45) is 0 Å². The van der Waals surface area contributed by atoms with Gasteiger partial charge in [0.25, 0.3) is 0 Å².